The van der Waals surface area contributed by atoms with E-state index in [-0.39, 0.29) is 5.97 Å². The van der Waals surface area contributed by atoms with Gasteiger partial charge < -0.3 is 4.74 Å². The van der Waals surface area contributed by atoms with Crippen molar-refractivity contribution in [2.45, 2.75) is 72.6 Å². The summed E-state index contributed by atoms with van der Waals surface area (Å²) < 4.78 is 4.62. The fourth-order valence-electron chi connectivity index (χ4n) is 2.62. The highest BCUT2D eigenvalue weighted by Gasteiger charge is 2.07. The summed E-state index contributed by atoms with van der Waals surface area (Å²) in [5.41, 5.74) is 0.953. The largest absolute Gasteiger partial charge is 0.466 e. The van der Waals surface area contributed by atoms with E-state index in [4.69, 9.17) is 0 Å². The topological polar surface area (TPSA) is 26.3 Å². The SMILES string of the molecule is CCC(CC)CCCC(CC)C/C=C/C(C)=C/C(=O)OC. The number of hydrogen-bond acceptors (Lipinski definition) is 2. The predicted molar refractivity (Wildman–Crippen MR) is 91.2 cm³/mol. The van der Waals surface area contributed by atoms with Crippen LogP contribution in [-0.2, 0) is 9.53 Å². The van der Waals surface area contributed by atoms with Crippen molar-refractivity contribution < 1.29 is 9.53 Å². The molecule has 0 amide bonds. The summed E-state index contributed by atoms with van der Waals surface area (Å²) in [4.78, 5) is 11.1. The standard InChI is InChI=1S/C19H34O2/c1-6-17(7-2)12-10-14-18(8-3)13-9-11-16(4)15-19(20)21-5/h9,11,15,17-18H,6-8,10,12-14H2,1-5H3/b11-9+,16-15+. The van der Waals surface area contributed by atoms with Gasteiger partial charge in [0.2, 0.25) is 0 Å². The zero-order valence-electron chi connectivity index (χ0n) is 14.7. The minimum Gasteiger partial charge on any atom is -0.466 e. The quantitative estimate of drug-likeness (QED) is 0.278. The highest BCUT2D eigenvalue weighted by atomic mass is 16.5. The number of rotatable bonds is 11. The van der Waals surface area contributed by atoms with Gasteiger partial charge in [-0.15, -0.1) is 0 Å². The van der Waals surface area contributed by atoms with E-state index in [1.165, 1.54) is 51.7 Å². The highest BCUT2D eigenvalue weighted by Crippen LogP contribution is 2.22. The minimum atomic E-state index is -0.283. The van der Waals surface area contributed by atoms with Crippen molar-refractivity contribution >= 4 is 5.97 Å². The molecule has 0 N–H and O–H groups in total. The second-order valence-electron chi connectivity index (χ2n) is 5.94. The van der Waals surface area contributed by atoms with Gasteiger partial charge in [-0.25, -0.2) is 4.79 Å². The summed E-state index contributed by atoms with van der Waals surface area (Å²) in [6.45, 7) is 8.80. The van der Waals surface area contributed by atoms with Crippen LogP contribution in [0.4, 0.5) is 0 Å². The average molecular weight is 294 g/mol. The number of allylic oxidation sites excluding steroid dienone is 3. The van der Waals surface area contributed by atoms with Crippen molar-refractivity contribution in [2.75, 3.05) is 7.11 Å². The number of hydrogen-bond donors (Lipinski definition) is 0. The van der Waals surface area contributed by atoms with Crippen LogP contribution in [0.3, 0.4) is 0 Å². The Labute approximate surface area is 131 Å². The number of carbonyl (C=O) groups excluding carboxylic acids is 1. The molecule has 0 spiro atoms. The van der Waals surface area contributed by atoms with Crippen LogP contribution in [-0.4, -0.2) is 13.1 Å². The van der Waals surface area contributed by atoms with Crippen molar-refractivity contribution in [3.8, 4) is 0 Å². The first-order valence-corrected chi connectivity index (χ1v) is 8.49. The lowest BCUT2D eigenvalue weighted by Crippen LogP contribution is -2.01. The van der Waals surface area contributed by atoms with Gasteiger partial charge in [0.25, 0.3) is 0 Å². The molecule has 0 aliphatic heterocycles. The molecule has 0 saturated heterocycles. The molecule has 2 heteroatoms. The molecule has 1 atom stereocenters. The molecule has 0 aliphatic carbocycles. The Balaban J connectivity index is 4.09. The Hall–Kier alpha value is -1.05. The molecule has 0 saturated carbocycles. The Kier molecular flexibility index (Phi) is 12.0. The zero-order chi connectivity index (χ0) is 16.1. The molecular formula is C19H34O2. The zero-order valence-corrected chi connectivity index (χ0v) is 14.7. The molecule has 0 aliphatic rings. The summed E-state index contributed by atoms with van der Waals surface area (Å²) in [7, 11) is 1.41. The van der Waals surface area contributed by atoms with Crippen molar-refractivity contribution in [2.24, 2.45) is 11.8 Å². The summed E-state index contributed by atoms with van der Waals surface area (Å²) in [5, 5.41) is 0. The first-order valence-electron chi connectivity index (χ1n) is 8.49. The van der Waals surface area contributed by atoms with Crippen LogP contribution in [0.15, 0.2) is 23.8 Å². The molecule has 2 nitrogen and oxygen atoms in total. The van der Waals surface area contributed by atoms with Crippen molar-refractivity contribution in [3.05, 3.63) is 23.8 Å². The van der Waals surface area contributed by atoms with Crippen molar-refractivity contribution in [1.82, 2.24) is 0 Å². The van der Waals surface area contributed by atoms with Crippen LogP contribution in [0.25, 0.3) is 0 Å². The van der Waals surface area contributed by atoms with E-state index in [0.29, 0.717) is 0 Å². The van der Waals surface area contributed by atoms with Gasteiger partial charge in [0.15, 0.2) is 0 Å². The van der Waals surface area contributed by atoms with Gasteiger partial charge in [-0.2, -0.15) is 0 Å². The van der Waals surface area contributed by atoms with Gasteiger partial charge in [-0.05, 0) is 30.8 Å². The van der Waals surface area contributed by atoms with Crippen LogP contribution < -0.4 is 0 Å². The molecule has 0 aromatic heterocycles. The lowest BCUT2D eigenvalue weighted by atomic mass is 9.90. The molecule has 0 radical (unpaired) electrons. The number of carbonyl (C=O) groups is 1. The van der Waals surface area contributed by atoms with E-state index in [1.54, 1.807) is 0 Å². The van der Waals surface area contributed by atoms with Gasteiger partial charge in [0, 0.05) is 6.08 Å². The first-order chi connectivity index (χ1) is 10.1. The molecule has 0 heterocycles. The number of ether oxygens (including phenoxy) is 1. The smallest absolute Gasteiger partial charge is 0.330 e. The average Bonchev–Trinajstić information content (AvgIpc) is 2.49. The summed E-state index contributed by atoms with van der Waals surface area (Å²) in [5.74, 6) is 1.39. The maximum Gasteiger partial charge on any atom is 0.330 e. The molecule has 0 aromatic carbocycles. The minimum absolute atomic E-state index is 0.283. The second kappa shape index (κ2) is 12.7. The maximum atomic E-state index is 11.1. The predicted octanol–water partition coefficient (Wildman–Crippen LogP) is 5.68. The molecule has 0 fully saturated rings. The lowest BCUT2D eigenvalue weighted by molar-refractivity contribution is -0.134. The molecule has 21 heavy (non-hydrogen) atoms. The molecule has 0 rings (SSSR count). The summed E-state index contributed by atoms with van der Waals surface area (Å²) in [6.07, 6.45) is 14.7. The third-order valence-electron chi connectivity index (χ3n) is 4.35. The third-order valence-corrected chi connectivity index (χ3v) is 4.35. The fourth-order valence-corrected chi connectivity index (χ4v) is 2.62. The molecule has 0 aromatic rings. The lowest BCUT2D eigenvalue weighted by Gasteiger charge is -2.15. The van der Waals surface area contributed by atoms with Crippen LogP contribution in [0.5, 0.6) is 0 Å². The second-order valence-corrected chi connectivity index (χ2v) is 5.94. The van der Waals surface area contributed by atoms with E-state index in [2.05, 4.69) is 31.6 Å². The van der Waals surface area contributed by atoms with Gasteiger partial charge in [-0.3, -0.25) is 0 Å². The van der Waals surface area contributed by atoms with E-state index >= 15 is 0 Å². The fraction of sp³-hybridized carbons (Fsp3) is 0.737. The van der Waals surface area contributed by atoms with Gasteiger partial charge >= 0.3 is 5.97 Å². The Bertz CT molecular complexity index is 324. The van der Waals surface area contributed by atoms with Crippen LogP contribution in [0, 0.1) is 11.8 Å². The maximum absolute atomic E-state index is 11.1. The van der Waals surface area contributed by atoms with Crippen LogP contribution >= 0.6 is 0 Å². The van der Waals surface area contributed by atoms with Crippen LogP contribution in [0.2, 0.25) is 0 Å². The van der Waals surface area contributed by atoms with E-state index in [1.807, 2.05) is 13.0 Å². The van der Waals surface area contributed by atoms with Gasteiger partial charge in [-0.1, -0.05) is 71.4 Å². The molecular weight excluding hydrogens is 260 g/mol. The first kappa shape index (κ1) is 19.9. The Morgan fingerprint density at radius 1 is 1.05 bits per heavy atom. The van der Waals surface area contributed by atoms with E-state index in [9.17, 15) is 4.79 Å². The monoisotopic (exact) mass is 294 g/mol. The number of esters is 1. The van der Waals surface area contributed by atoms with Gasteiger partial charge in [0.05, 0.1) is 7.11 Å². The van der Waals surface area contributed by atoms with E-state index < -0.39 is 0 Å². The van der Waals surface area contributed by atoms with Crippen molar-refractivity contribution in [1.29, 1.82) is 0 Å². The van der Waals surface area contributed by atoms with E-state index in [0.717, 1.165) is 23.8 Å². The van der Waals surface area contributed by atoms with Crippen molar-refractivity contribution in [3.63, 3.8) is 0 Å². The number of methoxy groups -OCH3 is 1. The highest BCUT2D eigenvalue weighted by molar-refractivity contribution is 5.83. The molecule has 122 valence electrons. The third kappa shape index (κ3) is 10.3. The summed E-state index contributed by atoms with van der Waals surface area (Å²) in [6, 6.07) is 0. The Morgan fingerprint density at radius 2 is 1.62 bits per heavy atom. The normalized spacial score (nSPS) is 13.9. The van der Waals surface area contributed by atoms with Gasteiger partial charge in [0.1, 0.15) is 0 Å². The Morgan fingerprint density at radius 3 is 2.14 bits per heavy atom. The summed E-state index contributed by atoms with van der Waals surface area (Å²) >= 11 is 0. The van der Waals surface area contributed by atoms with Crippen LogP contribution in [0.1, 0.15) is 72.6 Å². The molecule has 0 bridgehead atoms. The molecule has 1 unspecified atom stereocenters.